The molecule has 0 amide bonds. The zero-order chi connectivity index (χ0) is 15.4. The Morgan fingerprint density at radius 3 is 2.09 bits per heavy atom. The van der Waals surface area contributed by atoms with Gasteiger partial charge in [-0.05, 0) is 54.4 Å². The molecule has 0 aliphatic carbocycles. The molecule has 2 nitrogen and oxygen atoms in total. The highest BCUT2D eigenvalue weighted by Gasteiger charge is 2.01. The molecule has 22 heavy (non-hydrogen) atoms. The summed E-state index contributed by atoms with van der Waals surface area (Å²) in [6.45, 7) is 1.58. The number of carbonyl (C=O) groups is 1. The van der Waals surface area contributed by atoms with Crippen molar-refractivity contribution in [2.24, 2.45) is 0 Å². The van der Waals surface area contributed by atoms with Gasteiger partial charge in [0, 0.05) is 16.9 Å². The van der Waals surface area contributed by atoms with Crippen LogP contribution in [0.2, 0.25) is 0 Å². The van der Waals surface area contributed by atoms with Crippen molar-refractivity contribution in [1.29, 1.82) is 0 Å². The van der Waals surface area contributed by atoms with Gasteiger partial charge in [0.15, 0.2) is 5.78 Å². The van der Waals surface area contributed by atoms with E-state index in [1.807, 2.05) is 54.6 Å². The summed E-state index contributed by atoms with van der Waals surface area (Å²) < 4.78 is 0. The molecule has 0 radical (unpaired) electrons. The average Bonchev–Trinajstić information content (AvgIpc) is 2.56. The third-order valence-electron chi connectivity index (χ3n) is 3.55. The van der Waals surface area contributed by atoms with E-state index in [1.54, 1.807) is 6.92 Å². The molecule has 0 saturated carbocycles. The van der Waals surface area contributed by atoms with Crippen molar-refractivity contribution in [3.8, 4) is 11.1 Å². The van der Waals surface area contributed by atoms with Gasteiger partial charge >= 0.3 is 0 Å². The molecule has 0 unspecified atom stereocenters. The van der Waals surface area contributed by atoms with Gasteiger partial charge in [-0.25, -0.2) is 0 Å². The van der Waals surface area contributed by atoms with E-state index in [0.29, 0.717) is 0 Å². The van der Waals surface area contributed by atoms with Gasteiger partial charge in [0.1, 0.15) is 0 Å². The third kappa shape index (κ3) is 3.23. The Labute approximate surface area is 130 Å². The number of ketones is 1. The third-order valence-corrected chi connectivity index (χ3v) is 3.55. The van der Waals surface area contributed by atoms with Crippen molar-refractivity contribution in [1.82, 2.24) is 0 Å². The van der Waals surface area contributed by atoms with E-state index in [0.717, 1.165) is 16.9 Å². The quantitative estimate of drug-likeness (QED) is 0.660. The summed E-state index contributed by atoms with van der Waals surface area (Å²) in [4.78, 5) is 11.3. The summed E-state index contributed by atoms with van der Waals surface area (Å²) in [6.07, 6.45) is 0. The molecule has 0 aliphatic heterocycles. The monoisotopic (exact) mass is 287 g/mol. The minimum Gasteiger partial charge on any atom is -0.356 e. The van der Waals surface area contributed by atoms with Crippen molar-refractivity contribution < 1.29 is 4.79 Å². The molecule has 0 saturated heterocycles. The molecule has 3 rings (SSSR count). The van der Waals surface area contributed by atoms with Gasteiger partial charge in [-0.3, -0.25) is 4.79 Å². The fraction of sp³-hybridized carbons (Fsp3) is 0.0500. The molecule has 0 heterocycles. The second-order valence-electron chi connectivity index (χ2n) is 5.21. The van der Waals surface area contributed by atoms with E-state index in [9.17, 15) is 4.79 Å². The van der Waals surface area contributed by atoms with Gasteiger partial charge in [-0.2, -0.15) is 0 Å². The lowest BCUT2D eigenvalue weighted by Gasteiger charge is -2.09. The lowest BCUT2D eigenvalue weighted by molar-refractivity contribution is 0.101. The van der Waals surface area contributed by atoms with E-state index in [4.69, 9.17) is 0 Å². The van der Waals surface area contributed by atoms with Gasteiger partial charge in [0.25, 0.3) is 0 Å². The topological polar surface area (TPSA) is 29.1 Å². The molecule has 1 N–H and O–H groups in total. The Kier molecular flexibility index (Phi) is 4.01. The second-order valence-corrected chi connectivity index (χ2v) is 5.21. The molecule has 0 fully saturated rings. The molecule has 0 spiro atoms. The molecule has 2 heteroatoms. The minimum atomic E-state index is 0.0811. The highest BCUT2D eigenvalue weighted by molar-refractivity contribution is 5.94. The minimum absolute atomic E-state index is 0.0811. The van der Waals surface area contributed by atoms with Crippen LogP contribution in [0.5, 0.6) is 0 Å². The zero-order valence-electron chi connectivity index (χ0n) is 12.4. The molecule has 0 atom stereocenters. The normalized spacial score (nSPS) is 10.2. The van der Waals surface area contributed by atoms with Crippen LogP contribution in [0, 0.1) is 0 Å². The summed E-state index contributed by atoms with van der Waals surface area (Å²) >= 11 is 0. The van der Waals surface area contributed by atoms with Crippen molar-refractivity contribution >= 4 is 17.2 Å². The molecular weight excluding hydrogens is 270 g/mol. The molecular formula is C20H17NO. The molecule has 0 bridgehead atoms. The molecule has 3 aromatic rings. The molecule has 108 valence electrons. The van der Waals surface area contributed by atoms with Crippen LogP contribution in [0.1, 0.15) is 17.3 Å². The first-order chi connectivity index (χ1) is 10.7. The lowest BCUT2D eigenvalue weighted by Crippen LogP contribution is -1.94. The van der Waals surface area contributed by atoms with Gasteiger partial charge in [0.2, 0.25) is 0 Å². The van der Waals surface area contributed by atoms with E-state index < -0.39 is 0 Å². The highest BCUT2D eigenvalue weighted by Crippen LogP contribution is 2.24. The van der Waals surface area contributed by atoms with Crippen molar-refractivity contribution in [3.05, 3.63) is 84.4 Å². The standard InChI is InChI=1S/C20H17NO/c1-15(22)16-10-12-19(13-11-16)21-20-9-5-8-18(14-20)17-6-3-2-4-7-17/h2-14,21H,1H3. The number of Topliss-reactive ketones (excluding diaryl/α,β-unsaturated/α-hetero) is 1. The Morgan fingerprint density at radius 2 is 1.41 bits per heavy atom. The lowest BCUT2D eigenvalue weighted by atomic mass is 10.1. The van der Waals surface area contributed by atoms with Crippen LogP contribution < -0.4 is 5.32 Å². The van der Waals surface area contributed by atoms with E-state index >= 15 is 0 Å². The van der Waals surface area contributed by atoms with Gasteiger partial charge in [0.05, 0.1) is 0 Å². The van der Waals surface area contributed by atoms with Crippen molar-refractivity contribution in [2.45, 2.75) is 6.92 Å². The zero-order valence-corrected chi connectivity index (χ0v) is 12.4. The predicted octanol–water partition coefficient (Wildman–Crippen LogP) is 5.30. The van der Waals surface area contributed by atoms with E-state index in [-0.39, 0.29) is 5.78 Å². The summed E-state index contributed by atoms with van der Waals surface area (Å²) in [5.74, 6) is 0.0811. The Hall–Kier alpha value is -2.87. The fourth-order valence-corrected chi connectivity index (χ4v) is 2.36. The number of benzene rings is 3. The SMILES string of the molecule is CC(=O)c1ccc(Nc2cccc(-c3ccccc3)c2)cc1. The molecule has 0 aliphatic rings. The van der Waals surface area contributed by atoms with Gasteiger partial charge < -0.3 is 5.32 Å². The smallest absolute Gasteiger partial charge is 0.159 e. The summed E-state index contributed by atoms with van der Waals surface area (Å²) in [6, 6.07) is 26.1. The van der Waals surface area contributed by atoms with Crippen LogP contribution in [-0.4, -0.2) is 5.78 Å². The van der Waals surface area contributed by atoms with Crippen molar-refractivity contribution in [3.63, 3.8) is 0 Å². The van der Waals surface area contributed by atoms with Crippen LogP contribution in [0.25, 0.3) is 11.1 Å². The average molecular weight is 287 g/mol. The highest BCUT2D eigenvalue weighted by atomic mass is 16.1. The Bertz CT molecular complexity index is 776. The maximum absolute atomic E-state index is 11.3. The van der Waals surface area contributed by atoms with Gasteiger partial charge in [-0.15, -0.1) is 0 Å². The summed E-state index contributed by atoms with van der Waals surface area (Å²) in [7, 11) is 0. The largest absolute Gasteiger partial charge is 0.356 e. The van der Waals surface area contributed by atoms with Crippen LogP contribution in [0.15, 0.2) is 78.9 Å². The first-order valence-corrected chi connectivity index (χ1v) is 7.26. The maximum Gasteiger partial charge on any atom is 0.159 e. The van der Waals surface area contributed by atoms with E-state index in [1.165, 1.54) is 11.1 Å². The number of hydrogen-bond donors (Lipinski definition) is 1. The number of nitrogens with one attached hydrogen (secondary N) is 1. The van der Waals surface area contributed by atoms with Crippen LogP contribution in [0.4, 0.5) is 11.4 Å². The maximum atomic E-state index is 11.3. The van der Waals surface area contributed by atoms with E-state index in [2.05, 4.69) is 29.6 Å². The predicted molar refractivity (Wildman–Crippen MR) is 91.6 cm³/mol. The molecule has 0 aromatic heterocycles. The number of carbonyl (C=O) groups excluding carboxylic acids is 1. The summed E-state index contributed by atoms with van der Waals surface area (Å²) in [5, 5.41) is 3.37. The Morgan fingerprint density at radius 1 is 0.727 bits per heavy atom. The van der Waals surface area contributed by atoms with Crippen LogP contribution in [-0.2, 0) is 0 Å². The van der Waals surface area contributed by atoms with Crippen molar-refractivity contribution in [2.75, 3.05) is 5.32 Å². The van der Waals surface area contributed by atoms with Gasteiger partial charge in [-0.1, -0.05) is 42.5 Å². The van der Waals surface area contributed by atoms with Crippen LogP contribution >= 0.6 is 0 Å². The number of anilines is 2. The fourth-order valence-electron chi connectivity index (χ4n) is 2.36. The number of hydrogen-bond acceptors (Lipinski definition) is 2. The van der Waals surface area contributed by atoms with Crippen LogP contribution in [0.3, 0.4) is 0 Å². The Balaban J connectivity index is 1.82. The second kappa shape index (κ2) is 6.27. The first kappa shape index (κ1) is 14.1. The first-order valence-electron chi connectivity index (χ1n) is 7.26. The number of rotatable bonds is 4. The molecule has 3 aromatic carbocycles. The summed E-state index contributed by atoms with van der Waals surface area (Å²) in [5.41, 5.74) is 5.08.